The van der Waals surface area contributed by atoms with Crippen LogP contribution in [0.3, 0.4) is 0 Å². The van der Waals surface area contributed by atoms with Crippen LogP contribution in [0.2, 0.25) is 0 Å². The lowest BCUT2D eigenvalue weighted by atomic mass is 10.3. The zero-order valence-corrected chi connectivity index (χ0v) is 12.1. The number of aromatic nitrogens is 4. The molecule has 0 aliphatic rings. The summed E-state index contributed by atoms with van der Waals surface area (Å²) < 4.78 is 7.63. The number of hydrogen-bond donors (Lipinski definition) is 2. The van der Waals surface area contributed by atoms with Crippen molar-refractivity contribution >= 4 is 5.82 Å². The summed E-state index contributed by atoms with van der Waals surface area (Å²) in [5.74, 6) is 7.88. The molecular weight excluding hydrogens is 256 g/mol. The Labute approximate surface area is 118 Å². The Morgan fingerprint density at radius 1 is 1.35 bits per heavy atom. The predicted octanol–water partition coefficient (Wildman–Crippen LogP) is 2.03. The highest BCUT2D eigenvalue weighted by Crippen LogP contribution is 2.26. The van der Waals surface area contributed by atoms with Crippen LogP contribution < -0.4 is 16.0 Å². The highest BCUT2D eigenvalue weighted by Gasteiger charge is 2.12. The molecule has 2 heterocycles. The van der Waals surface area contributed by atoms with E-state index >= 15 is 0 Å². The number of nitrogens with two attached hydrogens (primary N) is 1. The van der Waals surface area contributed by atoms with Crippen molar-refractivity contribution in [2.24, 2.45) is 5.84 Å². The molecule has 0 atom stereocenters. The Morgan fingerprint density at radius 3 is 2.80 bits per heavy atom. The molecule has 108 valence electrons. The van der Waals surface area contributed by atoms with Crippen molar-refractivity contribution in [3.8, 4) is 11.6 Å². The molecule has 0 aliphatic heterocycles. The summed E-state index contributed by atoms with van der Waals surface area (Å²) in [6.45, 7) is 6.81. The Morgan fingerprint density at radius 2 is 2.15 bits per heavy atom. The van der Waals surface area contributed by atoms with Crippen molar-refractivity contribution in [3.63, 3.8) is 0 Å². The third kappa shape index (κ3) is 3.05. The molecule has 0 radical (unpaired) electrons. The maximum atomic E-state index is 5.79. The number of anilines is 1. The van der Waals surface area contributed by atoms with E-state index in [1.54, 1.807) is 6.20 Å². The molecule has 0 saturated heterocycles. The zero-order chi connectivity index (χ0) is 14.5. The standard InChI is InChI=1S/C13H20N6O/c1-4-6-19-8-10(7-15-19)20-13-9(3)12(18-14)16-11(5-2)17-13/h7-8H,4-6,14H2,1-3H3,(H,16,17,18). The molecule has 2 aromatic heterocycles. The van der Waals surface area contributed by atoms with Gasteiger partial charge in [-0.05, 0) is 13.3 Å². The second kappa shape index (κ2) is 6.33. The second-order valence-electron chi connectivity index (χ2n) is 4.46. The number of nitrogen functional groups attached to an aromatic ring is 1. The van der Waals surface area contributed by atoms with Crippen molar-refractivity contribution in [2.45, 2.75) is 40.2 Å². The van der Waals surface area contributed by atoms with E-state index < -0.39 is 0 Å². The Kier molecular flexibility index (Phi) is 4.52. The van der Waals surface area contributed by atoms with E-state index in [1.165, 1.54) is 0 Å². The first-order chi connectivity index (χ1) is 9.67. The minimum Gasteiger partial charge on any atom is -0.435 e. The van der Waals surface area contributed by atoms with Crippen molar-refractivity contribution in [1.82, 2.24) is 19.7 Å². The van der Waals surface area contributed by atoms with Gasteiger partial charge in [0.1, 0.15) is 11.6 Å². The summed E-state index contributed by atoms with van der Waals surface area (Å²) in [4.78, 5) is 8.68. The van der Waals surface area contributed by atoms with Gasteiger partial charge in [0, 0.05) is 13.0 Å². The van der Waals surface area contributed by atoms with E-state index in [0.29, 0.717) is 29.7 Å². The van der Waals surface area contributed by atoms with Gasteiger partial charge >= 0.3 is 0 Å². The quantitative estimate of drug-likeness (QED) is 0.619. The van der Waals surface area contributed by atoms with E-state index in [-0.39, 0.29) is 0 Å². The van der Waals surface area contributed by atoms with Crippen LogP contribution >= 0.6 is 0 Å². The minimum absolute atomic E-state index is 0.501. The zero-order valence-electron chi connectivity index (χ0n) is 12.1. The van der Waals surface area contributed by atoms with Crippen LogP contribution in [-0.2, 0) is 13.0 Å². The summed E-state index contributed by atoms with van der Waals surface area (Å²) >= 11 is 0. The van der Waals surface area contributed by atoms with Gasteiger partial charge in [0.15, 0.2) is 5.75 Å². The van der Waals surface area contributed by atoms with Crippen molar-refractivity contribution in [3.05, 3.63) is 23.8 Å². The van der Waals surface area contributed by atoms with Gasteiger partial charge in [-0.1, -0.05) is 13.8 Å². The van der Waals surface area contributed by atoms with E-state index in [9.17, 15) is 0 Å². The number of aryl methyl sites for hydroxylation is 2. The second-order valence-corrected chi connectivity index (χ2v) is 4.46. The molecule has 0 saturated carbocycles. The van der Waals surface area contributed by atoms with Gasteiger partial charge in [0.25, 0.3) is 0 Å². The molecule has 0 fully saturated rings. The molecule has 20 heavy (non-hydrogen) atoms. The molecule has 3 N–H and O–H groups in total. The first-order valence-corrected chi connectivity index (χ1v) is 6.72. The van der Waals surface area contributed by atoms with Gasteiger partial charge in [0.05, 0.1) is 18.0 Å². The number of hydrazine groups is 1. The lowest BCUT2D eigenvalue weighted by molar-refractivity contribution is 0.453. The van der Waals surface area contributed by atoms with Gasteiger partial charge in [0.2, 0.25) is 5.88 Å². The van der Waals surface area contributed by atoms with Crippen LogP contribution in [0.5, 0.6) is 11.6 Å². The van der Waals surface area contributed by atoms with Crippen LogP contribution in [0.4, 0.5) is 5.82 Å². The molecular formula is C13H20N6O. The third-order valence-corrected chi connectivity index (χ3v) is 2.88. The van der Waals surface area contributed by atoms with E-state index in [2.05, 4.69) is 27.4 Å². The predicted molar refractivity (Wildman–Crippen MR) is 76.5 cm³/mol. The Balaban J connectivity index is 2.27. The highest BCUT2D eigenvalue weighted by molar-refractivity contribution is 5.48. The lowest BCUT2D eigenvalue weighted by Crippen LogP contribution is -2.13. The van der Waals surface area contributed by atoms with E-state index in [4.69, 9.17) is 10.6 Å². The fraction of sp³-hybridized carbons (Fsp3) is 0.462. The number of rotatable bonds is 6. The highest BCUT2D eigenvalue weighted by atomic mass is 16.5. The van der Waals surface area contributed by atoms with Crippen LogP contribution in [0.25, 0.3) is 0 Å². The van der Waals surface area contributed by atoms with Gasteiger partial charge in [-0.25, -0.2) is 10.8 Å². The van der Waals surface area contributed by atoms with Crippen molar-refractivity contribution in [1.29, 1.82) is 0 Å². The molecule has 0 spiro atoms. The molecule has 0 unspecified atom stereocenters. The minimum atomic E-state index is 0.501. The maximum Gasteiger partial charge on any atom is 0.227 e. The van der Waals surface area contributed by atoms with E-state index in [0.717, 1.165) is 18.5 Å². The normalized spacial score (nSPS) is 10.6. The fourth-order valence-electron chi connectivity index (χ4n) is 1.80. The fourth-order valence-corrected chi connectivity index (χ4v) is 1.80. The van der Waals surface area contributed by atoms with Crippen LogP contribution in [0.1, 0.15) is 31.7 Å². The third-order valence-electron chi connectivity index (χ3n) is 2.88. The first-order valence-electron chi connectivity index (χ1n) is 6.72. The van der Waals surface area contributed by atoms with Crippen LogP contribution in [0.15, 0.2) is 12.4 Å². The smallest absolute Gasteiger partial charge is 0.227 e. The molecule has 0 aromatic carbocycles. The van der Waals surface area contributed by atoms with Crippen molar-refractivity contribution < 1.29 is 4.74 Å². The van der Waals surface area contributed by atoms with Crippen molar-refractivity contribution in [2.75, 3.05) is 5.43 Å². The summed E-state index contributed by atoms with van der Waals surface area (Å²) in [6, 6.07) is 0. The maximum absolute atomic E-state index is 5.79. The number of nitrogens with zero attached hydrogens (tertiary/aromatic N) is 4. The van der Waals surface area contributed by atoms with Gasteiger partial charge in [-0.15, -0.1) is 0 Å². The lowest BCUT2D eigenvalue weighted by Gasteiger charge is -2.11. The van der Waals surface area contributed by atoms with Gasteiger partial charge < -0.3 is 10.2 Å². The molecule has 0 aliphatic carbocycles. The molecule has 7 heteroatoms. The van der Waals surface area contributed by atoms with Gasteiger partial charge in [-0.2, -0.15) is 10.1 Å². The topological polar surface area (TPSA) is 90.9 Å². The first kappa shape index (κ1) is 14.3. The average Bonchev–Trinajstić information content (AvgIpc) is 2.89. The largest absolute Gasteiger partial charge is 0.435 e. The molecule has 2 rings (SSSR count). The summed E-state index contributed by atoms with van der Waals surface area (Å²) in [7, 11) is 0. The summed E-state index contributed by atoms with van der Waals surface area (Å²) in [5, 5.41) is 4.22. The molecule has 0 amide bonds. The summed E-state index contributed by atoms with van der Waals surface area (Å²) in [5.41, 5.74) is 3.34. The number of nitrogens with one attached hydrogen (secondary N) is 1. The molecule has 2 aromatic rings. The summed E-state index contributed by atoms with van der Waals surface area (Å²) in [6.07, 6.45) is 5.26. The number of ether oxygens (including phenoxy) is 1. The Bertz CT molecular complexity index is 580. The van der Waals surface area contributed by atoms with E-state index in [1.807, 2.05) is 24.7 Å². The van der Waals surface area contributed by atoms with Crippen LogP contribution in [0, 0.1) is 6.92 Å². The molecule has 7 nitrogen and oxygen atoms in total. The van der Waals surface area contributed by atoms with Crippen LogP contribution in [-0.4, -0.2) is 19.7 Å². The molecule has 0 bridgehead atoms. The van der Waals surface area contributed by atoms with Gasteiger partial charge in [-0.3, -0.25) is 4.68 Å². The average molecular weight is 276 g/mol. The monoisotopic (exact) mass is 276 g/mol. The Hall–Kier alpha value is -2.15. The SMILES string of the molecule is CCCn1cc(Oc2nc(CC)nc(NN)c2C)cn1. The number of hydrogen-bond acceptors (Lipinski definition) is 6.